The summed E-state index contributed by atoms with van der Waals surface area (Å²) in [5, 5.41) is 7.34. The minimum Gasteiger partial charge on any atom is -0.494 e. The molecule has 0 bridgehead atoms. The molecule has 31 heavy (non-hydrogen) atoms. The van der Waals surface area contributed by atoms with E-state index >= 15 is 0 Å². The molecule has 1 N–H and O–H groups in total. The summed E-state index contributed by atoms with van der Waals surface area (Å²) < 4.78 is 19.1. The number of carbonyl (C=O) groups excluding carboxylic acids is 1. The average Bonchev–Trinajstić information content (AvgIpc) is 3.35. The van der Waals surface area contributed by atoms with E-state index in [-0.39, 0.29) is 17.8 Å². The van der Waals surface area contributed by atoms with Gasteiger partial charge in [-0.25, -0.2) is 4.39 Å². The van der Waals surface area contributed by atoms with Crippen molar-refractivity contribution in [2.24, 2.45) is 0 Å². The molecule has 2 heterocycles. The predicted octanol–water partition coefficient (Wildman–Crippen LogP) is 5.36. The zero-order valence-corrected chi connectivity index (χ0v) is 16.9. The molecule has 0 aliphatic carbocycles. The highest BCUT2D eigenvalue weighted by Gasteiger charge is 2.43. The van der Waals surface area contributed by atoms with Gasteiger partial charge in [0.15, 0.2) is 0 Å². The van der Waals surface area contributed by atoms with Crippen LogP contribution in [0.1, 0.15) is 34.6 Å². The highest BCUT2D eigenvalue weighted by atomic mass is 19.1. The molecular weight excluding hydrogens is 393 g/mol. The van der Waals surface area contributed by atoms with E-state index in [9.17, 15) is 9.18 Å². The van der Waals surface area contributed by atoms with Gasteiger partial charge in [-0.1, -0.05) is 30.3 Å². The molecule has 0 fully saturated rings. The normalized spacial score (nSPS) is 15.2. The van der Waals surface area contributed by atoms with Crippen LogP contribution in [0.4, 0.5) is 10.1 Å². The fourth-order valence-electron chi connectivity index (χ4n) is 4.06. The Labute approximate surface area is 179 Å². The van der Waals surface area contributed by atoms with Crippen molar-refractivity contribution in [3.05, 3.63) is 102 Å². The van der Waals surface area contributed by atoms with Crippen molar-refractivity contribution in [1.29, 1.82) is 0 Å². The fraction of sp³-hybridized carbons (Fsp3) is 0.120. The number of para-hydroxylation sites is 1. The number of H-pyrrole nitrogens is 1. The number of aromatic nitrogens is 2. The van der Waals surface area contributed by atoms with Crippen LogP contribution in [0, 0.1) is 5.82 Å². The minimum atomic E-state index is -0.376. The van der Waals surface area contributed by atoms with Gasteiger partial charge in [-0.05, 0) is 61.0 Å². The van der Waals surface area contributed by atoms with Crippen LogP contribution < -0.4 is 9.64 Å². The van der Waals surface area contributed by atoms with Crippen LogP contribution >= 0.6 is 0 Å². The maximum Gasteiger partial charge on any atom is 0.277 e. The lowest BCUT2D eigenvalue weighted by Gasteiger charge is -2.26. The molecule has 1 aliphatic rings. The lowest BCUT2D eigenvalue weighted by Crippen LogP contribution is -2.29. The number of benzene rings is 3. The molecule has 0 radical (unpaired) electrons. The van der Waals surface area contributed by atoms with Crippen molar-refractivity contribution in [2.45, 2.75) is 13.0 Å². The number of nitrogens with one attached hydrogen (secondary N) is 1. The predicted molar refractivity (Wildman–Crippen MR) is 117 cm³/mol. The van der Waals surface area contributed by atoms with E-state index in [0.29, 0.717) is 18.0 Å². The number of fused-ring (bicyclic) bond motifs is 1. The fourth-order valence-corrected chi connectivity index (χ4v) is 4.06. The number of nitrogens with zero attached hydrogens (tertiary/aromatic N) is 2. The molecule has 5 rings (SSSR count). The molecule has 0 unspecified atom stereocenters. The van der Waals surface area contributed by atoms with Crippen molar-refractivity contribution in [2.75, 3.05) is 11.5 Å². The number of hydrogen-bond acceptors (Lipinski definition) is 3. The van der Waals surface area contributed by atoms with Crippen LogP contribution in [-0.4, -0.2) is 22.7 Å². The van der Waals surface area contributed by atoms with E-state index in [1.807, 2.05) is 61.5 Å². The molecule has 0 saturated heterocycles. The summed E-state index contributed by atoms with van der Waals surface area (Å²) >= 11 is 0. The lowest BCUT2D eigenvalue weighted by molar-refractivity contribution is 0.0989. The zero-order chi connectivity index (χ0) is 21.4. The molecule has 0 saturated carbocycles. The molecule has 1 aromatic heterocycles. The van der Waals surface area contributed by atoms with Gasteiger partial charge >= 0.3 is 0 Å². The lowest BCUT2D eigenvalue weighted by atomic mass is 9.95. The molecule has 154 valence electrons. The van der Waals surface area contributed by atoms with Crippen molar-refractivity contribution >= 4 is 11.6 Å². The van der Waals surface area contributed by atoms with Gasteiger partial charge in [-0.15, -0.1) is 0 Å². The number of amides is 1. The van der Waals surface area contributed by atoms with E-state index in [2.05, 4.69) is 10.2 Å². The quantitative estimate of drug-likeness (QED) is 0.479. The smallest absolute Gasteiger partial charge is 0.277 e. The third-order valence-electron chi connectivity index (χ3n) is 5.43. The largest absolute Gasteiger partial charge is 0.494 e. The molecule has 4 aromatic rings. The van der Waals surface area contributed by atoms with E-state index in [0.717, 1.165) is 28.1 Å². The highest BCUT2D eigenvalue weighted by molar-refractivity contribution is 6.11. The topological polar surface area (TPSA) is 58.2 Å². The summed E-state index contributed by atoms with van der Waals surface area (Å²) in [6, 6.07) is 23.1. The van der Waals surface area contributed by atoms with Gasteiger partial charge in [0, 0.05) is 16.8 Å². The first kappa shape index (κ1) is 19.1. The Hall–Kier alpha value is -3.93. The van der Waals surface area contributed by atoms with E-state index < -0.39 is 0 Å². The summed E-state index contributed by atoms with van der Waals surface area (Å²) in [6.45, 7) is 2.52. The Morgan fingerprint density at radius 3 is 2.39 bits per heavy atom. The van der Waals surface area contributed by atoms with Crippen molar-refractivity contribution in [3.63, 3.8) is 0 Å². The monoisotopic (exact) mass is 413 g/mol. The van der Waals surface area contributed by atoms with Gasteiger partial charge in [0.1, 0.15) is 17.3 Å². The number of halogens is 1. The van der Waals surface area contributed by atoms with Crippen molar-refractivity contribution in [3.8, 4) is 17.0 Å². The summed E-state index contributed by atoms with van der Waals surface area (Å²) in [5.74, 6) is 0.301. The number of anilines is 1. The van der Waals surface area contributed by atoms with Gasteiger partial charge in [-0.2, -0.15) is 5.10 Å². The van der Waals surface area contributed by atoms with Crippen LogP contribution in [0.5, 0.6) is 5.75 Å². The summed E-state index contributed by atoms with van der Waals surface area (Å²) in [5.41, 5.74) is 4.34. The van der Waals surface area contributed by atoms with E-state index in [1.165, 1.54) is 12.1 Å². The first-order chi connectivity index (χ1) is 15.2. The number of rotatable bonds is 5. The van der Waals surface area contributed by atoms with Gasteiger partial charge in [0.05, 0.1) is 18.3 Å². The number of aromatic amines is 1. The van der Waals surface area contributed by atoms with Crippen LogP contribution in [-0.2, 0) is 0 Å². The van der Waals surface area contributed by atoms with Gasteiger partial charge < -0.3 is 4.74 Å². The Morgan fingerprint density at radius 2 is 1.71 bits per heavy atom. The van der Waals surface area contributed by atoms with Gasteiger partial charge in [0.2, 0.25) is 0 Å². The molecule has 1 atom stereocenters. The first-order valence-electron chi connectivity index (χ1n) is 10.1. The Kier molecular flexibility index (Phi) is 4.75. The van der Waals surface area contributed by atoms with Crippen molar-refractivity contribution < 1.29 is 13.9 Å². The molecule has 0 spiro atoms. The second kappa shape index (κ2) is 7.72. The number of hydrogen-bond donors (Lipinski definition) is 1. The molecular formula is C25H20FN3O2. The number of carbonyl (C=O) groups is 1. The average molecular weight is 413 g/mol. The molecule has 1 amide bonds. The number of ether oxygens (including phenoxy) is 1. The third kappa shape index (κ3) is 3.26. The first-order valence-corrected chi connectivity index (χ1v) is 10.1. The Bertz CT molecular complexity index is 1220. The second-order valence-corrected chi connectivity index (χ2v) is 7.28. The van der Waals surface area contributed by atoms with Crippen LogP contribution in [0.25, 0.3) is 11.3 Å². The maximum absolute atomic E-state index is 13.5. The molecule has 1 aliphatic heterocycles. The third-order valence-corrected chi connectivity index (χ3v) is 5.43. The minimum absolute atomic E-state index is 0.152. The summed E-state index contributed by atoms with van der Waals surface area (Å²) in [4.78, 5) is 15.2. The van der Waals surface area contributed by atoms with Crippen LogP contribution in [0.15, 0.2) is 78.9 Å². The highest BCUT2D eigenvalue weighted by Crippen LogP contribution is 2.45. The molecule has 3 aromatic carbocycles. The zero-order valence-electron chi connectivity index (χ0n) is 16.9. The summed E-state index contributed by atoms with van der Waals surface area (Å²) in [7, 11) is 0. The Balaban J connectivity index is 1.67. The van der Waals surface area contributed by atoms with E-state index in [1.54, 1.807) is 17.0 Å². The summed E-state index contributed by atoms with van der Waals surface area (Å²) in [6.07, 6.45) is 0. The molecule has 6 heteroatoms. The maximum atomic E-state index is 13.5. The van der Waals surface area contributed by atoms with Crippen LogP contribution in [0.2, 0.25) is 0 Å². The SMILES string of the molecule is CCOc1ccc([C@H]2c3c(-c4ccc(F)cc4)n[nH]c3C(=O)N2c2ccccc2)cc1. The standard InChI is InChI=1S/C25H20FN3O2/c1-2-31-20-14-10-17(11-15-20)24-21-22(16-8-12-18(26)13-9-16)27-28-23(21)25(30)29(24)19-6-4-3-5-7-19/h3-15,24H,2H2,1H3,(H,27,28)/t24-/m0/s1. The second-order valence-electron chi connectivity index (χ2n) is 7.28. The van der Waals surface area contributed by atoms with Gasteiger partial charge in [-0.3, -0.25) is 14.8 Å². The Morgan fingerprint density at radius 1 is 1.00 bits per heavy atom. The van der Waals surface area contributed by atoms with E-state index in [4.69, 9.17) is 4.74 Å². The van der Waals surface area contributed by atoms with Crippen molar-refractivity contribution in [1.82, 2.24) is 10.2 Å². The molecule has 5 nitrogen and oxygen atoms in total. The van der Waals surface area contributed by atoms with Crippen LogP contribution in [0.3, 0.4) is 0 Å². The van der Waals surface area contributed by atoms with Gasteiger partial charge in [0.25, 0.3) is 5.91 Å².